The lowest BCUT2D eigenvalue weighted by Gasteiger charge is -2.35. The zero-order valence-electron chi connectivity index (χ0n) is 14.7. The molecule has 0 aromatic carbocycles. The van der Waals surface area contributed by atoms with Gasteiger partial charge in [0.05, 0.1) is 12.3 Å². The first-order valence-electron chi connectivity index (χ1n) is 9.24. The third kappa shape index (κ3) is 4.54. The molecule has 138 valence electrons. The van der Waals surface area contributed by atoms with Gasteiger partial charge in [-0.1, -0.05) is 6.42 Å². The highest BCUT2D eigenvalue weighted by molar-refractivity contribution is 5.78. The van der Waals surface area contributed by atoms with Gasteiger partial charge in [0.1, 0.15) is 5.76 Å². The van der Waals surface area contributed by atoms with E-state index < -0.39 is 0 Å². The third-order valence-electron chi connectivity index (χ3n) is 5.33. The van der Waals surface area contributed by atoms with E-state index in [0.29, 0.717) is 32.5 Å². The Kier molecular flexibility index (Phi) is 5.96. The average Bonchev–Trinajstić information content (AvgIpc) is 3.17. The molecule has 3 N–H and O–H groups in total. The summed E-state index contributed by atoms with van der Waals surface area (Å²) in [6.45, 7) is 3.75. The summed E-state index contributed by atoms with van der Waals surface area (Å²) in [5, 5.41) is 3.05. The summed E-state index contributed by atoms with van der Waals surface area (Å²) in [5.74, 6) is 0.533. The van der Waals surface area contributed by atoms with Gasteiger partial charge < -0.3 is 20.4 Å². The van der Waals surface area contributed by atoms with Gasteiger partial charge in [0.15, 0.2) is 0 Å². The molecule has 0 radical (unpaired) electrons. The molecule has 3 rings (SSSR count). The van der Waals surface area contributed by atoms with Crippen LogP contribution in [-0.4, -0.2) is 54.5 Å². The Morgan fingerprint density at radius 1 is 1.20 bits per heavy atom. The maximum absolute atomic E-state index is 12.5. The highest BCUT2D eigenvalue weighted by Gasteiger charge is 2.28. The second-order valence-electron chi connectivity index (χ2n) is 6.98. The van der Waals surface area contributed by atoms with Crippen LogP contribution in [0.3, 0.4) is 0 Å². The van der Waals surface area contributed by atoms with Crippen molar-refractivity contribution in [3.8, 4) is 0 Å². The van der Waals surface area contributed by atoms with Crippen LogP contribution in [0.5, 0.6) is 0 Å². The summed E-state index contributed by atoms with van der Waals surface area (Å²) in [5.41, 5.74) is 5.35. The van der Waals surface area contributed by atoms with E-state index in [1.54, 1.807) is 11.2 Å². The normalized spacial score (nSPS) is 21.0. The lowest BCUT2D eigenvalue weighted by Crippen LogP contribution is -2.48. The van der Waals surface area contributed by atoms with Gasteiger partial charge >= 0.3 is 6.03 Å². The molecule has 0 spiro atoms. The Morgan fingerprint density at radius 3 is 2.52 bits per heavy atom. The quantitative estimate of drug-likeness (QED) is 0.847. The molecule has 3 amide bonds. The van der Waals surface area contributed by atoms with E-state index in [9.17, 15) is 9.59 Å². The molecule has 25 heavy (non-hydrogen) atoms. The van der Waals surface area contributed by atoms with Gasteiger partial charge in [-0.25, -0.2) is 4.79 Å². The maximum Gasteiger partial charge on any atom is 0.317 e. The molecule has 2 fully saturated rings. The Bertz CT molecular complexity index is 561. The number of nitrogens with two attached hydrogens (primary N) is 1. The number of rotatable bonds is 5. The van der Waals surface area contributed by atoms with Crippen LogP contribution < -0.4 is 11.1 Å². The number of amides is 3. The SMILES string of the molecule is NC(=O)C1CCN(C(=O)NC[C@H](c2ccco2)N2CCCCC2)CC1. The van der Waals surface area contributed by atoms with Gasteiger partial charge in [-0.3, -0.25) is 9.69 Å². The van der Waals surface area contributed by atoms with Crippen molar-refractivity contribution in [2.24, 2.45) is 11.7 Å². The van der Waals surface area contributed by atoms with E-state index in [0.717, 1.165) is 18.8 Å². The predicted octanol–water partition coefficient (Wildman–Crippen LogP) is 1.71. The summed E-state index contributed by atoms with van der Waals surface area (Å²) in [4.78, 5) is 27.9. The highest BCUT2D eigenvalue weighted by Crippen LogP contribution is 2.24. The van der Waals surface area contributed by atoms with E-state index in [1.807, 2.05) is 12.1 Å². The van der Waals surface area contributed by atoms with Crippen molar-refractivity contribution in [2.75, 3.05) is 32.7 Å². The van der Waals surface area contributed by atoms with Gasteiger partial charge in [-0.05, 0) is 50.9 Å². The zero-order chi connectivity index (χ0) is 17.6. The van der Waals surface area contributed by atoms with Crippen LogP contribution in [0.2, 0.25) is 0 Å². The van der Waals surface area contributed by atoms with E-state index in [-0.39, 0.29) is 23.9 Å². The first kappa shape index (κ1) is 17.8. The van der Waals surface area contributed by atoms with Crippen molar-refractivity contribution in [3.05, 3.63) is 24.2 Å². The molecular weight excluding hydrogens is 320 g/mol. The minimum absolute atomic E-state index is 0.0717. The van der Waals surface area contributed by atoms with Crippen LogP contribution >= 0.6 is 0 Å². The lowest BCUT2D eigenvalue weighted by atomic mass is 9.96. The summed E-state index contributed by atoms with van der Waals surface area (Å²) >= 11 is 0. The number of urea groups is 1. The molecule has 0 saturated carbocycles. The number of piperidine rings is 2. The van der Waals surface area contributed by atoms with Crippen LogP contribution in [0.25, 0.3) is 0 Å². The van der Waals surface area contributed by atoms with Gasteiger partial charge in [0, 0.05) is 25.6 Å². The molecule has 0 aliphatic carbocycles. The topological polar surface area (TPSA) is 91.8 Å². The van der Waals surface area contributed by atoms with E-state index in [2.05, 4.69) is 10.2 Å². The van der Waals surface area contributed by atoms with E-state index >= 15 is 0 Å². The molecule has 7 nitrogen and oxygen atoms in total. The number of hydrogen-bond donors (Lipinski definition) is 2. The monoisotopic (exact) mass is 348 g/mol. The number of carbonyl (C=O) groups excluding carboxylic acids is 2. The maximum atomic E-state index is 12.5. The minimum Gasteiger partial charge on any atom is -0.468 e. The van der Waals surface area contributed by atoms with Crippen molar-refractivity contribution < 1.29 is 14.0 Å². The van der Waals surface area contributed by atoms with Gasteiger partial charge in [-0.2, -0.15) is 0 Å². The molecule has 0 unspecified atom stereocenters. The van der Waals surface area contributed by atoms with Crippen molar-refractivity contribution in [1.29, 1.82) is 0 Å². The lowest BCUT2D eigenvalue weighted by molar-refractivity contribution is -0.123. The van der Waals surface area contributed by atoms with E-state index in [4.69, 9.17) is 10.2 Å². The zero-order valence-corrected chi connectivity index (χ0v) is 14.7. The van der Waals surface area contributed by atoms with Crippen LogP contribution in [0.1, 0.15) is 43.9 Å². The fourth-order valence-electron chi connectivity index (χ4n) is 3.78. The molecule has 1 atom stereocenters. The molecule has 0 bridgehead atoms. The fourth-order valence-corrected chi connectivity index (χ4v) is 3.78. The van der Waals surface area contributed by atoms with Crippen molar-refractivity contribution in [2.45, 2.75) is 38.1 Å². The molecule has 1 aromatic heterocycles. The minimum atomic E-state index is -0.261. The number of likely N-dealkylation sites (tertiary alicyclic amines) is 2. The smallest absolute Gasteiger partial charge is 0.317 e. The summed E-state index contributed by atoms with van der Waals surface area (Å²) < 4.78 is 5.61. The largest absolute Gasteiger partial charge is 0.468 e. The number of hydrogen-bond acceptors (Lipinski definition) is 4. The first-order valence-corrected chi connectivity index (χ1v) is 9.24. The van der Waals surface area contributed by atoms with Crippen LogP contribution in [0, 0.1) is 5.92 Å². The Balaban J connectivity index is 1.54. The molecule has 7 heteroatoms. The standard InChI is InChI=1S/C18H28N4O3/c19-17(23)14-6-10-22(11-7-14)18(24)20-13-15(16-5-4-12-25-16)21-8-2-1-3-9-21/h4-5,12,14-15H,1-3,6-11,13H2,(H2,19,23)(H,20,24)/t15-/m1/s1. The number of carbonyl (C=O) groups is 2. The Labute approximate surface area is 148 Å². The van der Waals surface area contributed by atoms with E-state index in [1.165, 1.54) is 19.3 Å². The molecular formula is C18H28N4O3. The molecule has 2 aliphatic heterocycles. The molecule has 1 aromatic rings. The van der Waals surface area contributed by atoms with Crippen molar-refractivity contribution in [3.63, 3.8) is 0 Å². The van der Waals surface area contributed by atoms with Crippen LogP contribution in [-0.2, 0) is 4.79 Å². The van der Waals surface area contributed by atoms with Crippen molar-refractivity contribution >= 4 is 11.9 Å². The van der Waals surface area contributed by atoms with Gasteiger partial charge in [-0.15, -0.1) is 0 Å². The average molecular weight is 348 g/mol. The number of furan rings is 1. The summed E-state index contributed by atoms with van der Waals surface area (Å²) in [7, 11) is 0. The third-order valence-corrected chi connectivity index (χ3v) is 5.33. The summed E-state index contributed by atoms with van der Waals surface area (Å²) in [6.07, 6.45) is 6.62. The van der Waals surface area contributed by atoms with Gasteiger partial charge in [0.2, 0.25) is 5.91 Å². The number of primary amides is 1. The van der Waals surface area contributed by atoms with Crippen molar-refractivity contribution in [1.82, 2.24) is 15.1 Å². The number of nitrogens with one attached hydrogen (secondary N) is 1. The molecule has 3 heterocycles. The summed E-state index contributed by atoms with van der Waals surface area (Å²) in [6, 6.07) is 3.87. The predicted molar refractivity (Wildman–Crippen MR) is 93.8 cm³/mol. The van der Waals surface area contributed by atoms with Crippen LogP contribution in [0.4, 0.5) is 4.79 Å². The number of nitrogens with zero attached hydrogens (tertiary/aromatic N) is 2. The van der Waals surface area contributed by atoms with Crippen LogP contribution in [0.15, 0.2) is 22.8 Å². The highest BCUT2D eigenvalue weighted by atomic mass is 16.3. The molecule has 2 aliphatic rings. The van der Waals surface area contributed by atoms with Gasteiger partial charge in [0.25, 0.3) is 0 Å². The second kappa shape index (κ2) is 8.38. The Hall–Kier alpha value is -2.02. The fraction of sp³-hybridized carbons (Fsp3) is 0.667. The second-order valence-corrected chi connectivity index (χ2v) is 6.98. The first-order chi connectivity index (χ1) is 12.1. The Morgan fingerprint density at radius 2 is 1.92 bits per heavy atom. The molecule has 2 saturated heterocycles.